The minimum absolute atomic E-state index is 0.133. The van der Waals surface area contributed by atoms with E-state index in [1.54, 1.807) is 24.7 Å². The molecule has 1 heterocycles. The Morgan fingerprint density at radius 1 is 1.16 bits per heavy atom. The molecule has 3 rings (SSSR count). The van der Waals surface area contributed by atoms with E-state index >= 15 is 0 Å². The Hall–Kier alpha value is -4.33. The number of esters is 1. The molecule has 32 heavy (non-hydrogen) atoms. The first-order chi connectivity index (χ1) is 15.4. The lowest BCUT2D eigenvalue weighted by atomic mass is 10.1. The van der Waals surface area contributed by atoms with E-state index in [9.17, 15) is 19.7 Å². The number of Topliss-reactive ketones (excluding diaryl/α,β-unsaturated/α-hetero) is 1. The maximum Gasteiger partial charge on any atom is 0.346 e. The number of nitrogens with zero attached hydrogens (tertiary/aromatic N) is 3. The number of aromatic nitrogens is 2. The van der Waals surface area contributed by atoms with E-state index in [4.69, 9.17) is 4.74 Å². The van der Waals surface area contributed by atoms with Gasteiger partial charge in [-0.05, 0) is 42.2 Å². The van der Waals surface area contributed by atoms with E-state index < -0.39 is 16.7 Å². The van der Waals surface area contributed by atoms with Crippen LogP contribution in [0.25, 0.3) is 6.08 Å². The van der Waals surface area contributed by atoms with Crippen molar-refractivity contribution >= 4 is 23.5 Å². The molecule has 0 aliphatic rings. The van der Waals surface area contributed by atoms with Gasteiger partial charge in [-0.2, -0.15) is 0 Å². The van der Waals surface area contributed by atoms with Crippen molar-refractivity contribution < 1.29 is 19.2 Å². The fraction of sp³-hybridized carbons (Fsp3) is 0.125. The van der Waals surface area contributed by atoms with Crippen LogP contribution in [0, 0.1) is 10.1 Å². The third-order valence-electron chi connectivity index (χ3n) is 4.56. The summed E-state index contributed by atoms with van der Waals surface area (Å²) in [5, 5.41) is 10.9. The van der Waals surface area contributed by atoms with Crippen LogP contribution in [0.2, 0.25) is 0 Å². The van der Waals surface area contributed by atoms with Gasteiger partial charge in [-0.15, -0.1) is 0 Å². The molecule has 1 aromatic heterocycles. The number of rotatable bonds is 9. The second-order valence-electron chi connectivity index (χ2n) is 7.00. The molecule has 3 aromatic rings. The summed E-state index contributed by atoms with van der Waals surface area (Å²) >= 11 is 0. The van der Waals surface area contributed by atoms with Crippen molar-refractivity contribution in [2.75, 3.05) is 0 Å². The van der Waals surface area contributed by atoms with Gasteiger partial charge in [0, 0.05) is 31.1 Å². The topological polar surface area (TPSA) is 104 Å². The normalized spacial score (nSPS) is 11.5. The van der Waals surface area contributed by atoms with Crippen LogP contribution in [0.4, 0.5) is 5.69 Å². The number of ketones is 1. The molecule has 0 bridgehead atoms. The van der Waals surface area contributed by atoms with Crippen LogP contribution < -0.4 is 0 Å². The SMILES string of the molecule is CC(=O)/C(=C\c1cccc([N+](=O)[O-])c1)C(=O)O/C=C/Cc1ccc(Cn2ccnc2)cc1. The van der Waals surface area contributed by atoms with Crippen LogP contribution >= 0.6 is 0 Å². The Kier molecular flexibility index (Phi) is 7.42. The molecule has 0 amide bonds. The molecule has 0 aliphatic carbocycles. The molecule has 8 heteroatoms. The number of nitro groups is 1. The molecule has 0 aliphatic heterocycles. The fourth-order valence-electron chi connectivity index (χ4n) is 2.93. The number of carbonyl (C=O) groups excluding carboxylic acids is 2. The van der Waals surface area contributed by atoms with E-state index in [2.05, 4.69) is 4.98 Å². The van der Waals surface area contributed by atoms with Crippen molar-refractivity contribution in [3.63, 3.8) is 0 Å². The molecule has 8 nitrogen and oxygen atoms in total. The largest absolute Gasteiger partial charge is 0.431 e. The van der Waals surface area contributed by atoms with E-state index in [1.165, 1.54) is 37.5 Å². The monoisotopic (exact) mass is 431 g/mol. The number of nitro benzene ring substituents is 1. The molecule has 0 saturated heterocycles. The highest BCUT2D eigenvalue weighted by molar-refractivity contribution is 6.19. The molecule has 0 spiro atoms. The number of imidazole rings is 1. The average Bonchev–Trinajstić information content (AvgIpc) is 3.29. The Balaban J connectivity index is 1.58. The zero-order valence-corrected chi connectivity index (χ0v) is 17.4. The number of benzene rings is 2. The summed E-state index contributed by atoms with van der Waals surface area (Å²) in [4.78, 5) is 38.6. The number of allylic oxidation sites excluding steroid dienone is 1. The maximum atomic E-state index is 12.3. The highest BCUT2D eigenvalue weighted by atomic mass is 16.6. The first-order valence-electron chi connectivity index (χ1n) is 9.79. The van der Waals surface area contributed by atoms with E-state index in [0.29, 0.717) is 12.0 Å². The van der Waals surface area contributed by atoms with Gasteiger partial charge in [-0.3, -0.25) is 14.9 Å². The zero-order valence-electron chi connectivity index (χ0n) is 17.4. The Morgan fingerprint density at radius 2 is 1.91 bits per heavy atom. The first-order valence-corrected chi connectivity index (χ1v) is 9.79. The molecule has 0 saturated carbocycles. The third kappa shape index (κ3) is 6.33. The van der Waals surface area contributed by atoms with Gasteiger partial charge in [0.15, 0.2) is 5.78 Å². The van der Waals surface area contributed by atoms with Crippen LogP contribution in [0.15, 0.2) is 85.2 Å². The summed E-state index contributed by atoms with van der Waals surface area (Å²) in [6.07, 6.45) is 10.1. The maximum absolute atomic E-state index is 12.3. The smallest absolute Gasteiger partial charge is 0.346 e. The molecule has 0 N–H and O–H groups in total. The quantitative estimate of drug-likeness (QED) is 0.0960. The lowest BCUT2D eigenvalue weighted by Gasteiger charge is -2.04. The van der Waals surface area contributed by atoms with Gasteiger partial charge in [-0.25, -0.2) is 9.78 Å². The summed E-state index contributed by atoms with van der Waals surface area (Å²) < 4.78 is 7.05. The number of hydrogen-bond acceptors (Lipinski definition) is 6. The highest BCUT2D eigenvalue weighted by Crippen LogP contribution is 2.17. The van der Waals surface area contributed by atoms with Crippen LogP contribution in [0.5, 0.6) is 0 Å². The van der Waals surface area contributed by atoms with Crippen molar-refractivity contribution in [1.29, 1.82) is 0 Å². The van der Waals surface area contributed by atoms with Crippen molar-refractivity contribution in [2.45, 2.75) is 19.9 Å². The number of carbonyl (C=O) groups is 2. The molecule has 0 atom stereocenters. The standard InChI is InChI=1S/C24H21N3O5/c1-18(28)23(15-21-4-2-6-22(14-21)27(30)31)24(29)32-13-3-5-19-7-9-20(10-8-19)16-26-12-11-25-17-26/h2-4,6-15,17H,5,16H2,1H3/b13-3+,23-15+. The Morgan fingerprint density at radius 3 is 2.56 bits per heavy atom. The minimum atomic E-state index is -0.823. The molecule has 162 valence electrons. The Labute approximate surface area is 184 Å². The minimum Gasteiger partial charge on any atom is -0.431 e. The van der Waals surface area contributed by atoms with E-state index in [-0.39, 0.29) is 11.3 Å². The molecular formula is C24H21N3O5. The van der Waals surface area contributed by atoms with E-state index in [1.807, 2.05) is 35.0 Å². The molecular weight excluding hydrogens is 410 g/mol. The summed E-state index contributed by atoms with van der Waals surface area (Å²) in [5.41, 5.74) is 2.20. The third-order valence-corrected chi connectivity index (χ3v) is 4.56. The Bertz CT molecular complexity index is 1160. The number of non-ortho nitro benzene ring substituents is 1. The van der Waals surface area contributed by atoms with Gasteiger partial charge in [-0.1, -0.05) is 36.4 Å². The van der Waals surface area contributed by atoms with Gasteiger partial charge in [0.1, 0.15) is 5.57 Å². The van der Waals surface area contributed by atoms with Gasteiger partial charge < -0.3 is 9.30 Å². The van der Waals surface area contributed by atoms with Crippen LogP contribution in [-0.4, -0.2) is 26.2 Å². The van der Waals surface area contributed by atoms with Crippen molar-refractivity contribution in [1.82, 2.24) is 9.55 Å². The lowest BCUT2D eigenvalue weighted by Crippen LogP contribution is -2.11. The molecule has 0 fully saturated rings. The van der Waals surface area contributed by atoms with Crippen LogP contribution in [0.3, 0.4) is 0 Å². The number of hydrogen-bond donors (Lipinski definition) is 0. The predicted molar refractivity (Wildman–Crippen MR) is 118 cm³/mol. The average molecular weight is 431 g/mol. The van der Waals surface area contributed by atoms with Crippen molar-refractivity contribution in [3.05, 3.63) is 112 Å². The van der Waals surface area contributed by atoms with Gasteiger partial charge in [0.2, 0.25) is 0 Å². The summed E-state index contributed by atoms with van der Waals surface area (Å²) in [6.45, 7) is 1.97. The van der Waals surface area contributed by atoms with Gasteiger partial charge in [0.05, 0.1) is 17.5 Å². The highest BCUT2D eigenvalue weighted by Gasteiger charge is 2.16. The molecule has 0 radical (unpaired) electrons. The zero-order chi connectivity index (χ0) is 22.9. The second kappa shape index (κ2) is 10.6. The summed E-state index contributed by atoms with van der Waals surface area (Å²) in [6, 6.07) is 13.7. The predicted octanol–water partition coefficient (Wildman–Crippen LogP) is 4.11. The summed E-state index contributed by atoms with van der Waals surface area (Å²) in [7, 11) is 0. The second-order valence-corrected chi connectivity index (χ2v) is 7.00. The van der Waals surface area contributed by atoms with Crippen LogP contribution in [-0.2, 0) is 27.3 Å². The van der Waals surface area contributed by atoms with Gasteiger partial charge >= 0.3 is 5.97 Å². The van der Waals surface area contributed by atoms with Crippen LogP contribution in [0.1, 0.15) is 23.6 Å². The fourth-order valence-corrected chi connectivity index (χ4v) is 2.93. The summed E-state index contributed by atoms with van der Waals surface area (Å²) in [5.74, 6) is -1.32. The van der Waals surface area contributed by atoms with Gasteiger partial charge in [0.25, 0.3) is 5.69 Å². The van der Waals surface area contributed by atoms with Crippen molar-refractivity contribution in [2.24, 2.45) is 0 Å². The lowest BCUT2D eigenvalue weighted by molar-refractivity contribution is -0.384. The number of ether oxygens (including phenoxy) is 1. The van der Waals surface area contributed by atoms with E-state index in [0.717, 1.165) is 17.7 Å². The molecule has 0 unspecified atom stereocenters. The van der Waals surface area contributed by atoms with Crippen molar-refractivity contribution in [3.8, 4) is 0 Å². The molecule has 2 aromatic carbocycles. The first kappa shape index (κ1) is 22.4.